The van der Waals surface area contributed by atoms with Crippen LogP contribution >= 0.6 is 11.3 Å². The Hall–Kier alpha value is -3.47. The summed E-state index contributed by atoms with van der Waals surface area (Å²) in [5, 5.41) is 16.7. The van der Waals surface area contributed by atoms with Crippen molar-refractivity contribution >= 4 is 45.8 Å². The van der Waals surface area contributed by atoms with E-state index in [9.17, 15) is 19.5 Å². The Morgan fingerprint density at radius 2 is 2.00 bits per heavy atom. The van der Waals surface area contributed by atoms with Crippen molar-refractivity contribution in [3.05, 3.63) is 40.0 Å². The summed E-state index contributed by atoms with van der Waals surface area (Å²) in [6.07, 6.45) is 1.68. The number of aromatic nitrogens is 2. The van der Waals surface area contributed by atoms with Crippen LogP contribution in [0.15, 0.2) is 23.9 Å². The number of rotatable bonds is 6. The third-order valence-corrected chi connectivity index (χ3v) is 5.81. The number of hydrogen-bond donors (Lipinski definition) is 3. The summed E-state index contributed by atoms with van der Waals surface area (Å²) < 4.78 is 5.23. The van der Waals surface area contributed by atoms with E-state index in [2.05, 4.69) is 20.6 Å². The van der Waals surface area contributed by atoms with Crippen molar-refractivity contribution in [2.75, 3.05) is 30.8 Å². The number of nitrogens with zero attached hydrogens (tertiary/aromatic N) is 3. The number of ether oxygens (including phenoxy) is 1. The lowest BCUT2D eigenvalue weighted by Crippen LogP contribution is -2.38. The summed E-state index contributed by atoms with van der Waals surface area (Å²) in [5.74, 6) is -0.207. The number of amides is 2. The van der Waals surface area contributed by atoms with E-state index in [1.807, 2.05) is 6.92 Å². The molecule has 0 saturated heterocycles. The van der Waals surface area contributed by atoms with Crippen LogP contribution in [0.4, 0.5) is 15.7 Å². The second kappa shape index (κ2) is 10.2. The second-order valence-electron chi connectivity index (χ2n) is 8.80. The van der Waals surface area contributed by atoms with E-state index >= 15 is 0 Å². The quantitative estimate of drug-likeness (QED) is 0.413. The number of likely N-dealkylation sites (N-methyl/N-ethyl adjacent to an activating group) is 1. The molecule has 0 atom stereocenters. The molecule has 1 aliphatic rings. The number of pyridine rings is 1. The lowest BCUT2D eigenvalue weighted by atomic mass is 9.93. The lowest BCUT2D eigenvalue weighted by molar-refractivity contribution is -0.117. The summed E-state index contributed by atoms with van der Waals surface area (Å²) in [5.41, 5.74) is 0.647. The number of fused-ring (bicyclic) bond motifs is 1. The number of aliphatic hydroxyl groups is 1. The molecule has 2 aromatic rings. The van der Waals surface area contributed by atoms with Gasteiger partial charge in [-0.2, -0.15) is 0 Å². The Labute approximate surface area is 202 Å². The predicted molar refractivity (Wildman–Crippen MR) is 130 cm³/mol. The summed E-state index contributed by atoms with van der Waals surface area (Å²) in [7, 11) is 1.46. The second-order valence-corrected chi connectivity index (χ2v) is 9.80. The van der Waals surface area contributed by atoms with Crippen molar-refractivity contribution < 1.29 is 24.2 Å². The molecular formula is C23H29N5O5S. The van der Waals surface area contributed by atoms with Gasteiger partial charge in [-0.05, 0) is 52.7 Å². The van der Waals surface area contributed by atoms with E-state index in [0.717, 1.165) is 22.8 Å². The zero-order chi connectivity index (χ0) is 25.0. The van der Waals surface area contributed by atoms with Crippen molar-refractivity contribution in [2.24, 2.45) is 0 Å². The van der Waals surface area contributed by atoms with Gasteiger partial charge in [0.05, 0.1) is 5.69 Å². The van der Waals surface area contributed by atoms with Gasteiger partial charge in [-0.25, -0.2) is 14.8 Å². The first-order valence-electron chi connectivity index (χ1n) is 10.9. The number of Topliss-reactive ketones (excluding diaryl/α,β-unsaturated/α-hetero) is 1. The first-order chi connectivity index (χ1) is 16.0. The maximum absolute atomic E-state index is 13.0. The Balaban J connectivity index is 1.69. The fourth-order valence-electron chi connectivity index (χ4n) is 3.24. The molecule has 182 valence electrons. The molecule has 2 heterocycles. The van der Waals surface area contributed by atoms with Crippen molar-refractivity contribution in [1.82, 2.24) is 14.9 Å². The predicted octanol–water partition coefficient (Wildman–Crippen LogP) is 3.87. The van der Waals surface area contributed by atoms with Gasteiger partial charge in [0.1, 0.15) is 28.6 Å². The van der Waals surface area contributed by atoms with Gasteiger partial charge < -0.3 is 25.4 Å². The molecule has 3 rings (SSSR count). The molecule has 0 fully saturated rings. The molecule has 0 bridgehead atoms. The van der Waals surface area contributed by atoms with Crippen LogP contribution in [0.2, 0.25) is 0 Å². The standard InChI is InChI=1S/C23H29N5O5S/c1-6-24-16-10-7-13(11-25-16)18(30)14-8-9-15-20(19(14)31)34-21(26-15)27-17(29)12-28(5)22(32)33-23(2,3)4/h7,10-11,30H,6,8-9,12H2,1-5H3,(H,24,25)(H,26,27,29). The van der Waals surface area contributed by atoms with Crippen LogP contribution in [0, 0.1) is 0 Å². The third-order valence-electron chi connectivity index (χ3n) is 4.80. The number of anilines is 2. The van der Waals surface area contributed by atoms with Crippen LogP contribution in [0.1, 0.15) is 55.0 Å². The van der Waals surface area contributed by atoms with Crippen LogP contribution < -0.4 is 10.6 Å². The highest BCUT2D eigenvalue weighted by Gasteiger charge is 2.30. The molecule has 2 amide bonds. The molecule has 0 aromatic carbocycles. The van der Waals surface area contributed by atoms with Gasteiger partial charge in [0, 0.05) is 30.9 Å². The molecule has 0 aliphatic heterocycles. The maximum atomic E-state index is 13.0. The summed E-state index contributed by atoms with van der Waals surface area (Å²) >= 11 is 1.04. The van der Waals surface area contributed by atoms with Crippen LogP contribution in [0.5, 0.6) is 0 Å². The van der Waals surface area contributed by atoms with E-state index in [4.69, 9.17) is 4.74 Å². The molecule has 1 aliphatic carbocycles. The van der Waals surface area contributed by atoms with E-state index in [1.54, 1.807) is 32.9 Å². The highest BCUT2D eigenvalue weighted by Crippen LogP contribution is 2.34. The average Bonchev–Trinajstić information content (AvgIpc) is 3.16. The van der Waals surface area contributed by atoms with Crippen LogP contribution in [0.3, 0.4) is 0 Å². The number of nitrogens with one attached hydrogen (secondary N) is 2. The highest BCUT2D eigenvalue weighted by molar-refractivity contribution is 7.18. The third kappa shape index (κ3) is 6.10. The topological polar surface area (TPSA) is 134 Å². The van der Waals surface area contributed by atoms with Gasteiger partial charge in [0.2, 0.25) is 11.7 Å². The molecule has 3 N–H and O–H groups in total. The SMILES string of the molecule is CCNc1ccc(C(O)=C2CCc3nc(NC(=O)CN(C)C(=O)OC(C)(C)C)sc3C2=O)cn1. The summed E-state index contributed by atoms with van der Waals surface area (Å²) in [4.78, 5) is 47.6. The Morgan fingerprint density at radius 1 is 1.26 bits per heavy atom. The van der Waals surface area contributed by atoms with Crippen molar-refractivity contribution in [1.29, 1.82) is 0 Å². The van der Waals surface area contributed by atoms with E-state index in [1.165, 1.54) is 13.2 Å². The summed E-state index contributed by atoms with van der Waals surface area (Å²) in [6, 6.07) is 3.44. The van der Waals surface area contributed by atoms with E-state index in [0.29, 0.717) is 34.8 Å². The molecule has 2 aromatic heterocycles. The fraction of sp³-hybridized carbons (Fsp3) is 0.435. The van der Waals surface area contributed by atoms with E-state index < -0.39 is 17.6 Å². The molecular weight excluding hydrogens is 458 g/mol. The van der Waals surface area contributed by atoms with Gasteiger partial charge in [-0.15, -0.1) is 0 Å². The normalized spacial score (nSPS) is 14.8. The first kappa shape index (κ1) is 25.2. The number of thiazole rings is 1. The molecule has 0 saturated carbocycles. The smallest absolute Gasteiger partial charge is 0.410 e. The minimum Gasteiger partial charge on any atom is -0.507 e. The number of carbonyl (C=O) groups is 3. The minimum absolute atomic E-state index is 0.107. The number of aryl methyl sites for hydroxylation is 1. The number of hydrogen-bond acceptors (Lipinski definition) is 9. The fourth-order valence-corrected chi connectivity index (χ4v) is 4.24. The molecule has 34 heavy (non-hydrogen) atoms. The Bertz CT molecular complexity index is 1120. The highest BCUT2D eigenvalue weighted by atomic mass is 32.1. The minimum atomic E-state index is -0.669. The number of aliphatic hydroxyl groups excluding tert-OH is 1. The zero-order valence-corrected chi connectivity index (χ0v) is 20.7. The van der Waals surface area contributed by atoms with E-state index in [-0.39, 0.29) is 28.8 Å². The average molecular weight is 488 g/mol. The van der Waals surface area contributed by atoms with Gasteiger partial charge in [-0.3, -0.25) is 9.59 Å². The Kier molecular flexibility index (Phi) is 7.55. The largest absolute Gasteiger partial charge is 0.507 e. The molecule has 0 spiro atoms. The summed E-state index contributed by atoms with van der Waals surface area (Å²) in [6.45, 7) is 7.68. The van der Waals surface area contributed by atoms with Crippen molar-refractivity contribution in [2.45, 2.75) is 46.1 Å². The molecule has 10 nitrogen and oxygen atoms in total. The number of allylic oxidation sites excluding steroid dienone is 1. The Morgan fingerprint density at radius 3 is 2.62 bits per heavy atom. The van der Waals surface area contributed by atoms with Gasteiger partial charge >= 0.3 is 6.09 Å². The van der Waals surface area contributed by atoms with Crippen molar-refractivity contribution in [3.63, 3.8) is 0 Å². The monoisotopic (exact) mass is 487 g/mol. The first-order valence-corrected chi connectivity index (χ1v) is 11.7. The maximum Gasteiger partial charge on any atom is 0.410 e. The molecule has 0 radical (unpaired) electrons. The van der Waals surface area contributed by atoms with Crippen LogP contribution in [-0.2, 0) is 16.0 Å². The van der Waals surface area contributed by atoms with Gasteiger partial charge in [0.15, 0.2) is 5.13 Å². The number of carbonyl (C=O) groups excluding carboxylic acids is 3. The van der Waals surface area contributed by atoms with Gasteiger partial charge in [0.25, 0.3) is 0 Å². The van der Waals surface area contributed by atoms with Crippen molar-refractivity contribution in [3.8, 4) is 0 Å². The van der Waals surface area contributed by atoms with Gasteiger partial charge in [-0.1, -0.05) is 11.3 Å². The molecule has 11 heteroatoms. The number of ketones is 1. The lowest BCUT2D eigenvalue weighted by Gasteiger charge is -2.24. The van der Waals surface area contributed by atoms with Crippen LogP contribution in [-0.4, -0.2) is 63.5 Å². The zero-order valence-electron chi connectivity index (χ0n) is 19.9. The van der Waals surface area contributed by atoms with Crippen LogP contribution in [0.25, 0.3) is 5.76 Å². The molecule has 0 unspecified atom stereocenters.